The molecule has 7 nitrogen and oxygen atoms in total. The molecule has 2 aliphatic heterocycles. The molecule has 2 amide bonds. The number of Topliss-reactive ketones (excluding diaryl/α,β-unsaturated/α-hetero) is 1. The number of nitrogens with one attached hydrogen (secondary N) is 1. The maximum Gasteiger partial charge on any atom is 0.425 e. The van der Waals surface area contributed by atoms with E-state index in [2.05, 4.69) is 4.90 Å². The van der Waals surface area contributed by atoms with Gasteiger partial charge in [-0.15, -0.1) is 0 Å². The van der Waals surface area contributed by atoms with Gasteiger partial charge in [-0.05, 0) is 30.4 Å². The summed E-state index contributed by atoms with van der Waals surface area (Å²) in [6.45, 7) is 6.80. The predicted octanol–water partition coefficient (Wildman–Crippen LogP) is 2.93. The molecule has 0 spiro atoms. The molecule has 1 N–H and O–H groups in total. The van der Waals surface area contributed by atoms with Gasteiger partial charge in [0, 0.05) is 43.9 Å². The van der Waals surface area contributed by atoms with Crippen molar-refractivity contribution in [3.63, 3.8) is 0 Å². The third-order valence-corrected chi connectivity index (χ3v) is 6.84. The van der Waals surface area contributed by atoms with Gasteiger partial charge in [-0.3, -0.25) is 19.3 Å². The lowest BCUT2D eigenvalue weighted by atomic mass is 9.72. The fraction of sp³-hybridized carbons (Fsp3) is 0.560. The summed E-state index contributed by atoms with van der Waals surface area (Å²) >= 11 is 0. The molecular formula is C25H30F3N3O4. The molecule has 35 heavy (non-hydrogen) atoms. The molecule has 0 aromatic heterocycles. The van der Waals surface area contributed by atoms with Gasteiger partial charge in [0.05, 0.1) is 18.8 Å². The molecule has 0 saturated carbocycles. The molecule has 1 fully saturated rings. The number of rotatable bonds is 6. The number of allylic oxidation sites excluding steroid dienone is 1. The largest absolute Gasteiger partial charge is 0.425 e. The number of ketones is 1. The first-order chi connectivity index (χ1) is 16.5. The van der Waals surface area contributed by atoms with Crippen molar-refractivity contribution in [2.24, 2.45) is 5.41 Å². The Morgan fingerprint density at radius 3 is 2.34 bits per heavy atom. The van der Waals surface area contributed by atoms with Crippen LogP contribution in [0, 0.1) is 5.41 Å². The Balaban J connectivity index is 1.70. The average molecular weight is 494 g/mol. The number of hydrogen-bond acceptors (Lipinski definition) is 5. The second-order valence-electron chi connectivity index (χ2n) is 10.1. The zero-order valence-corrected chi connectivity index (χ0v) is 19.9. The number of carbonyl (C=O) groups excluding carboxylic acids is 3. The van der Waals surface area contributed by atoms with E-state index in [0.29, 0.717) is 39.3 Å². The minimum atomic E-state index is -5.20. The van der Waals surface area contributed by atoms with Crippen LogP contribution in [0.15, 0.2) is 41.6 Å². The molecule has 3 aliphatic rings. The Bertz CT molecular complexity index is 1030. The van der Waals surface area contributed by atoms with E-state index in [1.165, 1.54) is 24.3 Å². The number of carbonyl (C=O) groups is 3. The average Bonchev–Trinajstić information content (AvgIpc) is 3.02. The molecule has 190 valence electrons. The van der Waals surface area contributed by atoms with Gasteiger partial charge < -0.3 is 15.0 Å². The van der Waals surface area contributed by atoms with E-state index in [1.54, 1.807) is 19.9 Å². The van der Waals surface area contributed by atoms with E-state index < -0.39 is 40.3 Å². The Morgan fingerprint density at radius 1 is 1.06 bits per heavy atom. The Kier molecular flexibility index (Phi) is 6.80. The van der Waals surface area contributed by atoms with E-state index >= 15 is 0 Å². The summed E-state index contributed by atoms with van der Waals surface area (Å²) in [6.07, 6.45) is -4.78. The van der Waals surface area contributed by atoms with Crippen LogP contribution in [0.25, 0.3) is 0 Å². The number of nitrogens with zero attached hydrogens (tertiary/aromatic N) is 2. The first-order valence-electron chi connectivity index (χ1n) is 11.8. The molecule has 1 aromatic rings. The molecule has 0 radical (unpaired) electrons. The number of hydrogen-bond donors (Lipinski definition) is 1. The summed E-state index contributed by atoms with van der Waals surface area (Å²) in [6, 6.07) is 7.38. The summed E-state index contributed by atoms with van der Waals surface area (Å²) in [4.78, 5) is 42.9. The molecule has 4 rings (SSSR count). The van der Waals surface area contributed by atoms with Crippen LogP contribution in [-0.2, 0) is 14.3 Å². The van der Waals surface area contributed by atoms with Crippen molar-refractivity contribution >= 4 is 17.6 Å². The molecule has 1 saturated heterocycles. The molecule has 2 heterocycles. The SMILES string of the molecule is CC1(C)CC(=O)C2=C(C1)N(CCCN1CCOCC1)C(=O)C2(NC(=O)c1ccccc1)C(F)(F)F. The second kappa shape index (κ2) is 9.39. The third-order valence-electron chi connectivity index (χ3n) is 6.84. The van der Waals surface area contributed by atoms with Crippen molar-refractivity contribution < 1.29 is 32.3 Å². The van der Waals surface area contributed by atoms with Gasteiger partial charge in [0.1, 0.15) is 0 Å². The maximum atomic E-state index is 14.8. The van der Waals surface area contributed by atoms with Crippen LogP contribution >= 0.6 is 0 Å². The van der Waals surface area contributed by atoms with Crippen molar-refractivity contribution in [3.05, 3.63) is 47.2 Å². The van der Waals surface area contributed by atoms with Crippen LogP contribution in [0.1, 0.15) is 43.5 Å². The van der Waals surface area contributed by atoms with E-state index in [0.717, 1.165) is 4.90 Å². The maximum absolute atomic E-state index is 14.8. The van der Waals surface area contributed by atoms with Crippen molar-refractivity contribution in [1.29, 1.82) is 0 Å². The van der Waals surface area contributed by atoms with Crippen LogP contribution in [0.4, 0.5) is 13.2 Å². The molecule has 1 atom stereocenters. The first-order valence-corrected chi connectivity index (χ1v) is 11.8. The minimum Gasteiger partial charge on any atom is -0.379 e. The second-order valence-corrected chi connectivity index (χ2v) is 10.1. The predicted molar refractivity (Wildman–Crippen MR) is 121 cm³/mol. The van der Waals surface area contributed by atoms with Crippen molar-refractivity contribution in [3.8, 4) is 0 Å². The molecule has 1 unspecified atom stereocenters. The smallest absolute Gasteiger partial charge is 0.379 e. The van der Waals surface area contributed by atoms with E-state index in [-0.39, 0.29) is 30.6 Å². The van der Waals surface area contributed by atoms with Gasteiger partial charge in [0.25, 0.3) is 11.8 Å². The Hall–Kier alpha value is -2.72. The first kappa shape index (κ1) is 25.4. The number of halogens is 3. The fourth-order valence-corrected chi connectivity index (χ4v) is 5.17. The fourth-order valence-electron chi connectivity index (χ4n) is 5.17. The Morgan fingerprint density at radius 2 is 1.71 bits per heavy atom. The summed E-state index contributed by atoms with van der Waals surface area (Å²) in [7, 11) is 0. The molecule has 10 heteroatoms. The van der Waals surface area contributed by atoms with Crippen LogP contribution < -0.4 is 5.32 Å². The number of morpholine rings is 1. The summed E-state index contributed by atoms with van der Waals surface area (Å²) in [5.41, 5.74) is -4.60. The highest BCUT2D eigenvalue weighted by Gasteiger charge is 2.71. The summed E-state index contributed by atoms with van der Waals surface area (Å²) in [5, 5.41) is 1.96. The quantitative estimate of drug-likeness (QED) is 0.660. The standard InChI is InChI=1S/C25H30F3N3O4/c1-23(2)15-18-20(19(32)16-23)24(25(26,27)28,29-21(33)17-7-4-3-5-8-17)22(34)31(18)10-6-9-30-11-13-35-14-12-30/h3-5,7-8H,6,9-16H2,1-2H3,(H,29,33). The molecule has 1 aliphatic carbocycles. The van der Waals surface area contributed by atoms with E-state index in [1.807, 2.05) is 5.32 Å². The Labute approximate surface area is 202 Å². The monoisotopic (exact) mass is 493 g/mol. The lowest BCUT2D eigenvalue weighted by Crippen LogP contribution is -2.66. The molecular weight excluding hydrogens is 463 g/mol. The summed E-state index contributed by atoms with van der Waals surface area (Å²) in [5.74, 6) is -3.13. The van der Waals surface area contributed by atoms with Gasteiger partial charge in [0.15, 0.2) is 5.78 Å². The van der Waals surface area contributed by atoms with Crippen molar-refractivity contribution in [1.82, 2.24) is 15.1 Å². The number of ether oxygens (including phenoxy) is 1. The highest BCUT2D eigenvalue weighted by Crippen LogP contribution is 2.51. The third kappa shape index (κ3) is 4.73. The highest BCUT2D eigenvalue weighted by atomic mass is 19.4. The lowest BCUT2D eigenvalue weighted by molar-refractivity contribution is -0.190. The van der Waals surface area contributed by atoms with Crippen LogP contribution in [0.5, 0.6) is 0 Å². The van der Waals surface area contributed by atoms with Gasteiger partial charge >= 0.3 is 6.18 Å². The van der Waals surface area contributed by atoms with E-state index in [9.17, 15) is 27.6 Å². The lowest BCUT2D eigenvalue weighted by Gasteiger charge is -2.35. The zero-order valence-electron chi connectivity index (χ0n) is 19.9. The molecule has 1 aromatic carbocycles. The topological polar surface area (TPSA) is 79.0 Å². The summed E-state index contributed by atoms with van der Waals surface area (Å²) < 4.78 is 49.7. The van der Waals surface area contributed by atoms with Crippen molar-refractivity contribution in [2.75, 3.05) is 39.4 Å². The van der Waals surface area contributed by atoms with Gasteiger partial charge in [0.2, 0.25) is 5.54 Å². The molecule has 0 bridgehead atoms. The van der Waals surface area contributed by atoms with Crippen LogP contribution in [-0.4, -0.2) is 78.5 Å². The highest BCUT2D eigenvalue weighted by molar-refractivity contribution is 6.14. The van der Waals surface area contributed by atoms with Crippen LogP contribution in [0.2, 0.25) is 0 Å². The minimum absolute atomic E-state index is 0.0252. The van der Waals surface area contributed by atoms with Gasteiger partial charge in [-0.25, -0.2) is 0 Å². The van der Waals surface area contributed by atoms with Crippen molar-refractivity contribution in [2.45, 2.75) is 44.8 Å². The van der Waals surface area contributed by atoms with E-state index in [4.69, 9.17) is 4.74 Å². The van der Waals surface area contributed by atoms with Gasteiger partial charge in [-0.2, -0.15) is 13.2 Å². The number of alkyl halides is 3. The van der Waals surface area contributed by atoms with Gasteiger partial charge in [-0.1, -0.05) is 32.0 Å². The van der Waals surface area contributed by atoms with Crippen LogP contribution in [0.3, 0.4) is 0 Å². The zero-order chi connectivity index (χ0) is 25.4. The number of amides is 2. The number of benzene rings is 1. The normalized spacial score (nSPS) is 25.1.